The van der Waals surface area contributed by atoms with Crippen LogP contribution in [0.3, 0.4) is 0 Å². The number of rotatable bonds is 1. The van der Waals surface area contributed by atoms with Gasteiger partial charge in [-0.25, -0.2) is 0 Å². The summed E-state index contributed by atoms with van der Waals surface area (Å²) in [6, 6.07) is 0. The van der Waals surface area contributed by atoms with E-state index in [0.29, 0.717) is 0 Å². The quantitative estimate of drug-likeness (QED) is 0.585. The molecule has 0 radical (unpaired) electrons. The summed E-state index contributed by atoms with van der Waals surface area (Å²) < 4.78 is -0.555. The number of thiol groups is 1. The Morgan fingerprint density at radius 2 is 2.27 bits per heavy atom. The molecule has 60 valence electrons. The van der Waals surface area contributed by atoms with Gasteiger partial charge in [-0.05, 0) is 6.92 Å². The van der Waals surface area contributed by atoms with Crippen LogP contribution in [0, 0.1) is 5.92 Å². The van der Waals surface area contributed by atoms with Crippen molar-refractivity contribution < 1.29 is 9.90 Å². The van der Waals surface area contributed by atoms with Crippen LogP contribution in [0.4, 0.5) is 0 Å². The zero-order valence-corrected chi connectivity index (χ0v) is 7.08. The molecule has 2 unspecified atom stereocenters. The lowest BCUT2D eigenvalue weighted by molar-refractivity contribution is -0.140. The van der Waals surface area contributed by atoms with E-state index in [1.165, 1.54) is 0 Å². The highest BCUT2D eigenvalue weighted by atomic mass is 32.1. The Kier molecular flexibility index (Phi) is 2.09. The van der Waals surface area contributed by atoms with Crippen LogP contribution < -0.4 is 0 Å². The van der Waals surface area contributed by atoms with E-state index in [1.807, 2.05) is 6.08 Å². The van der Waals surface area contributed by atoms with E-state index in [0.717, 1.165) is 0 Å². The summed E-state index contributed by atoms with van der Waals surface area (Å²) in [5, 5.41) is 8.74. The summed E-state index contributed by atoms with van der Waals surface area (Å²) in [6.07, 6.45) is 6.98. The molecule has 1 aliphatic rings. The Hall–Kier alpha value is -0.700. The van der Waals surface area contributed by atoms with Gasteiger partial charge in [0.05, 0.1) is 5.92 Å². The van der Waals surface area contributed by atoms with E-state index < -0.39 is 16.6 Å². The van der Waals surface area contributed by atoms with Crippen molar-refractivity contribution in [2.45, 2.75) is 11.7 Å². The molecule has 0 saturated carbocycles. The van der Waals surface area contributed by atoms with Gasteiger partial charge in [-0.2, -0.15) is 12.6 Å². The summed E-state index contributed by atoms with van der Waals surface area (Å²) in [7, 11) is 0. The molecule has 0 spiro atoms. The fourth-order valence-electron chi connectivity index (χ4n) is 1.06. The third-order valence-corrected chi connectivity index (χ3v) is 2.17. The second-order valence-corrected chi connectivity index (χ2v) is 3.75. The summed E-state index contributed by atoms with van der Waals surface area (Å²) in [6.45, 7) is 1.79. The maximum atomic E-state index is 10.6. The van der Waals surface area contributed by atoms with Crippen LogP contribution in [0.1, 0.15) is 6.92 Å². The van der Waals surface area contributed by atoms with Gasteiger partial charge in [-0.3, -0.25) is 4.79 Å². The van der Waals surface area contributed by atoms with Crippen molar-refractivity contribution in [1.82, 2.24) is 0 Å². The molecule has 3 heteroatoms. The van der Waals surface area contributed by atoms with Gasteiger partial charge in [0.25, 0.3) is 0 Å². The third-order valence-electron chi connectivity index (χ3n) is 1.74. The minimum Gasteiger partial charge on any atom is -0.481 e. The van der Waals surface area contributed by atoms with E-state index in [4.69, 9.17) is 5.11 Å². The molecule has 0 aliphatic heterocycles. The largest absolute Gasteiger partial charge is 0.481 e. The van der Waals surface area contributed by atoms with Gasteiger partial charge in [-0.1, -0.05) is 24.3 Å². The molecule has 0 saturated heterocycles. The number of aliphatic carboxylic acids is 1. The van der Waals surface area contributed by atoms with Crippen molar-refractivity contribution in [2.24, 2.45) is 5.92 Å². The van der Waals surface area contributed by atoms with Crippen molar-refractivity contribution in [2.75, 3.05) is 0 Å². The molecule has 1 aliphatic carbocycles. The van der Waals surface area contributed by atoms with Crippen molar-refractivity contribution in [3.8, 4) is 0 Å². The van der Waals surface area contributed by atoms with Crippen molar-refractivity contribution in [3.05, 3.63) is 24.3 Å². The second kappa shape index (κ2) is 2.74. The van der Waals surface area contributed by atoms with Crippen molar-refractivity contribution in [1.29, 1.82) is 0 Å². The summed E-state index contributed by atoms with van der Waals surface area (Å²) in [5.74, 6) is -1.35. The van der Waals surface area contributed by atoms with Gasteiger partial charge in [0.15, 0.2) is 0 Å². The van der Waals surface area contributed by atoms with E-state index in [9.17, 15) is 4.79 Å². The predicted octanol–water partition coefficient (Wildman–Crippen LogP) is 1.50. The Morgan fingerprint density at radius 3 is 2.64 bits per heavy atom. The molecule has 0 aromatic rings. The molecule has 11 heavy (non-hydrogen) atoms. The van der Waals surface area contributed by atoms with Crippen molar-refractivity contribution in [3.63, 3.8) is 0 Å². The first kappa shape index (κ1) is 8.40. The fourth-order valence-corrected chi connectivity index (χ4v) is 1.34. The zero-order chi connectivity index (χ0) is 8.48. The number of hydrogen-bond donors (Lipinski definition) is 2. The van der Waals surface area contributed by atoms with Crippen LogP contribution in [0.25, 0.3) is 0 Å². The highest BCUT2D eigenvalue weighted by Crippen LogP contribution is 2.30. The molecule has 0 bridgehead atoms. The summed E-state index contributed by atoms with van der Waals surface area (Å²) >= 11 is 4.23. The van der Waals surface area contributed by atoms with Crippen LogP contribution in [0.15, 0.2) is 24.3 Å². The predicted molar refractivity (Wildman–Crippen MR) is 46.8 cm³/mol. The highest BCUT2D eigenvalue weighted by Gasteiger charge is 2.32. The zero-order valence-electron chi connectivity index (χ0n) is 6.19. The fraction of sp³-hybridized carbons (Fsp3) is 0.375. The van der Waals surface area contributed by atoms with Gasteiger partial charge in [-0.15, -0.1) is 0 Å². The summed E-state index contributed by atoms with van der Waals surface area (Å²) in [4.78, 5) is 10.6. The van der Waals surface area contributed by atoms with E-state index >= 15 is 0 Å². The lowest BCUT2D eigenvalue weighted by atomic mass is 9.89. The molecule has 0 amide bonds. The SMILES string of the molecule is CC1(S)C=CC=CC1C(=O)O. The van der Waals surface area contributed by atoms with Crippen LogP contribution in [0.5, 0.6) is 0 Å². The average molecular weight is 170 g/mol. The van der Waals surface area contributed by atoms with E-state index in [1.54, 1.807) is 25.2 Å². The molecule has 0 aromatic carbocycles. The first-order valence-electron chi connectivity index (χ1n) is 3.35. The Bertz CT molecular complexity index is 228. The Labute approximate surface area is 71.0 Å². The molecular formula is C8H10O2S. The molecule has 0 fully saturated rings. The minimum atomic E-state index is -0.830. The maximum Gasteiger partial charge on any atom is 0.312 e. The maximum absolute atomic E-state index is 10.6. The Balaban J connectivity index is 2.89. The molecule has 2 nitrogen and oxygen atoms in total. The average Bonchev–Trinajstić information content (AvgIpc) is 1.85. The number of hydrogen-bond acceptors (Lipinski definition) is 2. The van der Waals surface area contributed by atoms with Crippen LogP contribution in [-0.4, -0.2) is 15.8 Å². The lowest BCUT2D eigenvalue weighted by Crippen LogP contribution is -2.32. The second-order valence-electron chi connectivity index (χ2n) is 2.79. The van der Waals surface area contributed by atoms with Crippen molar-refractivity contribution >= 4 is 18.6 Å². The molecule has 1 rings (SSSR count). The standard InChI is InChI=1S/C8H10O2S/c1-8(11)5-3-2-4-6(8)7(9)10/h2-6,11H,1H3,(H,9,10). The first-order valence-corrected chi connectivity index (χ1v) is 3.80. The van der Waals surface area contributed by atoms with E-state index in [2.05, 4.69) is 12.6 Å². The van der Waals surface area contributed by atoms with Gasteiger partial charge in [0.1, 0.15) is 0 Å². The van der Waals surface area contributed by atoms with Gasteiger partial charge >= 0.3 is 5.97 Å². The topological polar surface area (TPSA) is 37.3 Å². The molecule has 0 heterocycles. The summed E-state index contributed by atoms with van der Waals surface area (Å²) in [5.41, 5.74) is 0. The highest BCUT2D eigenvalue weighted by molar-refractivity contribution is 7.82. The Morgan fingerprint density at radius 1 is 1.64 bits per heavy atom. The molecule has 1 N–H and O–H groups in total. The smallest absolute Gasteiger partial charge is 0.312 e. The molecular weight excluding hydrogens is 160 g/mol. The van der Waals surface area contributed by atoms with E-state index in [-0.39, 0.29) is 0 Å². The lowest BCUT2D eigenvalue weighted by Gasteiger charge is -2.26. The van der Waals surface area contributed by atoms with Crippen LogP contribution in [0.2, 0.25) is 0 Å². The minimum absolute atomic E-state index is 0.518. The number of allylic oxidation sites excluding steroid dienone is 2. The number of carboxylic acids is 1. The molecule has 0 aromatic heterocycles. The monoisotopic (exact) mass is 170 g/mol. The van der Waals surface area contributed by atoms with Gasteiger partial charge < -0.3 is 5.11 Å². The van der Waals surface area contributed by atoms with Crippen LogP contribution >= 0.6 is 12.6 Å². The normalized spacial score (nSPS) is 35.6. The third kappa shape index (κ3) is 1.66. The number of carboxylic acid groups (broad SMARTS) is 1. The van der Waals surface area contributed by atoms with Crippen LogP contribution in [-0.2, 0) is 4.79 Å². The van der Waals surface area contributed by atoms with Gasteiger partial charge in [0.2, 0.25) is 0 Å². The van der Waals surface area contributed by atoms with Gasteiger partial charge in [0, 0.05) is 4.75 Å². The first-order chi connectivity index (χ1) is 5.04. The number of carbonyl (C=O) groups is 1. The molecule has 2 atom stereocenters.